The summed E-state index contributed by atoms with van der Waals surface area (Å²) in [5.41, 5.74) is 0.703. The molecule has 1 fully saturated rings. The van der Waals surface area contributed by atoms with Crippen molar-refractivity contribution in [3.05, 3.63) is 34.3 Å². The van der Waals surface area contributed by atoms with Crippen LogP contribution in [0.1, 0.15) is 36.5 Å². The van der Waals surface area contributed by atoms with Crippen molar-refractivity contribution >= 4 is 27.6 Å². The Kier molecular flexibility index (Phi) is 4.75. The van der Waals surface area contributed by atoms with Gasteiger partial charge in [-0.25, -0.2) is 0 Å². The number of hydrogen-bond acceptors (Lipinski definition) is 2. The lowest BCUT2D eigenvalue weighted by atomic mass is 9.91. The summed E-state index contributed by atoms with van der Waals surface area (Å²) in [6, 6.07) is 7.44. The zero-order valence-corrected chi connectivity index (χ0v) is 12.6. The minimum Gasteiger partial charge on any atom is -0.339 e. The number of ketones is 1. The third-order valence-corrected chi connectivity index (χ3v) is 4.15. The number of benzene rings is 1. The second-order valence-electron chi connectivity index (χ2n) is 4.90. The molecule has 1 aliphatic heterocycles. The molecule has 4 heteroatoms. The smallest absolute Gasteiger partial charge is 0.253 e. The molecule has 3 nitrogen and oxygen atoms in total. The SMILES string of the molecule is CCC(=O)C1CCN(C(=O)c2cccc(Br)c2)CC1. The summed E-state index contributed by atoms with van der Waals surface area (Å²) >= 11 is 3.38. The van der Waals surface area contributed by atoms with Crippen molar-refractivity contribution in [3.8, 4) is 0 Å². The topological polar surface area (TPSA) is 37.4 Å². The Hall–Kier alpha value is -1.16. The molecule has 0 saturated carbocycles. The van der Waals surface area contributed by atoms with E-state index in [2.05, 4.69) is 15.9 Å². The monoisotopic (exact) mass is 323 g/mol. The van der Waals surface area contributed by atoms with Gasteiger partial charge in [-0.1, -0.05) is 28.9 Å². The molecule has 0 unspecified atom stereocenters. The van der Waals surface area contributed by atoms with E-state index in [9.17, 15) is 9.59 Å². The van der Waals surface area contributed by atoms with Crippen molar-refractivity contribution in [2.75, 3.05) is 13.1 Å². The first-order chi connectivity index (χ1) is 9.11. The van der Waals surface area contributed by atoms with E-state index in [1.54, 1.807) is 0 Å². The standard InChI is InChI=1S/C15H18BrNO2/c1-2-14(18)11-6-8-17(9-7-11)15(19)12-4-3-5-13(16)10-12/h3-5,10-11H,2,6-9H2,1H3. The van der Waals surface area contributed by atoms with Gasteiger partial charge in [-0.15, -0.1) is 0 Å². The maximum Gasteiger partial charge on any atom is 0.253 e. The molecular weight excluding hydrogens is 306 g/mol. The fraction of sp³-hybridized carbons (Fsp3) is 0.467. The number of carbonyl (C=O) groups excluding carboxylic acids is 2. The van der Waals surface area contributed by atoms with Crippen molar-refractivity contribution in [2.24, 2.45) is 5.92 Å². The first kappa shape index (κ1) is 14.3. The Bertz CT molecular complexity index is 479. The van der Waals surface area contributed by atoms with Crippen LogP contribution in [0.4, 0.5) is 0 Å². The molecule has 1 saturated heterocycles. The molecule has 102 valence electrons. The first-order valence-corrected chi connectivity index (χ1v) is 7.48. The second-order valence-corrected chi connectivity index (χ2v) is 5.81. The summed E-state index contributed by atoms with van der Waals surface area (Å²) in [4.78, 5) is 25.8. The van der Waals surface area contributed by atoms with Crippen LogP contribution in [0.5, 0.6) is 0 Å². The third kappa shape index (κ3) is 3.44. The fourth-order valence-electron chi connectivity index (χ4n) is 2.50. The number of amides is 1. The molecule has 1 heterocycles. The maximum absolute atomic E-state index is 12.3. The van der Waals surface area contributed by atoms with Crippen LogP contribution < -0.4 is 0 Å². The molecule has 1 amide bonds. The number of nitrogens with zero attached hydrogens (tertiary/aromatic N) is 1. The van der Waals surface area contributed by atoms with E-state index in [-0.39, 0.29) is 11.8 Å². The van der Waals surface area contributed by atoms with Gasteiger partial charge in [0.25, 0.3) is 5.91 Å². The number of Topliss-reactive ketones (excluding diaryl/α,β-unsaturated/α-hetero) is 1. The predicted molar refractivity (Wildman–Crippen MR) is 78.1 cm³/mol. The van der Waals surface area contributed by atoms with E-state index in [1.165, 1.54) is 0 Å². The lowest BCUT2D eigenvalue weighted by Crippen LogP contribution is -2.40. The van der Waals surface area contributed by atoms with E-state index < -0.39 is 0 Å². The largest absolute Gasteiger partial charge is 0.339 e. The van der Waals surface area contributed by atoms with Crippen LogP contribution in [0, 0.1) is 5.92 Å². The molecule has 1 aliphatic rings. The fourth-order valence-corrected chi connectivity index (χ4v) is 2.90. The molecule has 0 aliphatic carbocycles. The maximum atomic E-state index is 12.3. The van der Waals surface area contributed by atoms with E-state index in [4.69, 9.17) is 0 Å². The van der Waals surface area contributed by atoms with Gasteiger partial charge in [0.2, 0.25) is 0 Å². The lowest BCUT2D eigenvalue weighted by molar-refractivity contribution is -0.123. The van der Waals surface area contributed by atoms with E-state index in [0.29, 0.717) is 30.9 Å². The minimum absolute atomic E-state index is 0.0590. The Morgan fingerprint density at radius 3 is 2.58 bits per heavy atom. The predicted octanol–water partition coefficient (Wildman–Crippen LogP) is 3.28. The molecule has 0 atom stereocenters. The summed E-state index contributed by atoms with van der Waals surface area (Å²) in [6.07, 6.45) is 2.20. The molecule has 1 aromatic rings. The van der Waals surface area contributed by atoms with E-state index >= 15 is 0 Å². The Labute approximate surface area is 122 Å². The van der Waals surface area contributed by atoms with Gasteiger partial charge >= 0.3 is 0 Å². The van der Waals surface area contributed by atoms with Gasteiger partial charge in [-0.3, -0.25) is 9.59 Å². The Morgan fingerprint density at radius 2 is 2.00 bits per heavy atom. The molecule has 1 aromatic carbocycles. The van der Waals surface area contributed by atoms with Gasteiger partial charge in [0.1, 0.15) is 5.78 Å². The Balaban J connectivity index is 1.98. The highest BCUT2D eigenvalue weighted by molar-refractivity contribution is 9.10. The van der Waals surface area contributed by atoms with Gasteiger partial charge in [-0.2, -0.15) is 0 Å². The van der Waals surface area contributed by atoms with Crippen LogP contribution >= 0.6 is 15.9 Å². The van der Waals surface area contributed by atoms with Crippen LogP contribution in [0.15, 0.2) is 28.7 Å². The summed E-state index contributed by atoms with van der Waals surface area (Å²) in [5, 5.41) is 0. The molecular formula is C15H18BrNO2. The van der Waals surface area contributed by atoms with E-state index in [0.717, 1.165) is 17.3 Å². The number of likely N-dealkylation sites (tertiary alicyclic amines) is 1. The molecule has 0 radical (unpaired) electrons. The van der Waals surface area contributed by atoms with Crippen molar-refractivity contribution in [1.82, 2.24) is 4.90 Å². The van der Waals surface area contributed by atoms with Crippen LogP contribution in [-0.2, 0) is 4.79 Å². The molecule has 19 heavy (non-hydrogen) atoms. The summed E-state index contributed by atoms with van der Waals surface area (Å²) in [7, 11) is 0. The number of halogens is 1. The van der Waals surface area contributed by atoms with Gasteiger partial charge in [-0.05, 0) is 31.0 Å². The summed E-state index contributed by atoms with van der Waals surface area (Å²) in [6.45, 7) is 3.27. The molecule has 2 rings (SSSR count). The number of hydrogen-bond donors (Lipinski definition) is 0. The number of carbonyl (C=O) groups is 2. The van der Waals surface area contributed by atoms with Crippen molar-refractivity contribution in [1.29, 1.82) is 0 Å². The highest BCUT2D eigenvalue weighted by atomic mass is 79.9. The molecule has 0 N–H and O–H groups in total. The summed E-state index contributed by atoms with van der Waals surface area (Å²) < 4.78 is 0.911. The zero-order valence-electron chi connectivity index (χ0n) is 11.1. The average molecular weight is 324 g/mol. The third-order valence-electron chi connectivity index (χ3n) is 3.66. The van der Waals surface area contributed by atoms with Crippen molar-refractivity contribution in [3.63, 3.8) is 0 Å². The lowest BCUT2D eigenvalue weighted by Gasteiger charge is -2.31. The van der Waals surface area contributed by atoms with Crippen LogP contribution in [0.25, 0.3) is 0 Å². The zero-order chi connectivity index (χ0) is 13.8. The van der Waals surface area contributed by atoms with Gasteiger partial charge < -0.3 is 4.90 Å². The van der Waals surface area contributed by atoms with Crippen molar-refractivity contribution < 1.29 is 9.59 Å². The van der Waals surface area contributed by atoms with E-state index in [1.807, 2.05) is 36.1 Å². The van der Waals surface area contributed by atoms with Crippen molar-refractivity contribution in [2.45, 2.75) is 26.2 Å². The van der Waals surface area contributed by atoms with Crippen LogP contribution in [-0.4, -0.2) is 29.7 Å². The second kappa shape index (κ2) is 6.33. The molecule has 0 bridgehead atoms. The normalized spacial score (nSPS) is 16.4. The average Bonchev–Trinajstić information content (AvgIpc) is 2.46. The molecule has 0 spiro atoms. The van der Waals surface area contributed by atoms with Gasteiger partial charge in [0, 0.05) is 35.5 Å². The quantitative estimate of drug-likeness (QED) is 0.856. The van der Waals surface area contributed by atoms with Crippen LogP contribution in [0.2, 0.25) is 0 Å². The molecule has 0 aromatic heterocycles. The number of piperidine rings is 1. The highest BCUT2D eigenvalue weighted by Gasteiger charge is 2.26. The van der Waals surface area contributed by atoms with Crippen LogP contribution in [0.3, 0.4) is 0 Å². The minimum atomic E-state index is 0.0590. The first-order valence-electron chi connectivity index (χ1n) is 6.69. The Morgan fingerprint density at radius 1 is 1.32 bits per heavy atom. The van der Waals surface area contributed by atoms with Gasteiger partial charge in [0.15, 0.2) is 0 Å². The highest BCUT2D eigenvalue weighted by Crippen LogP contribution is 2.21. The van der Waals surface area contributed by atoms with Gasteiger partial charge in [0.05, 0.1) is 0 Å². The summed E-state index contributed by atoms with van der Waals surface area (Å²) in [5.74, 6) is 0.537. The number of rotatable bonds is 3.